The first-order chi connectivity index (χ1) is 14.1. The van der Waals surface area contributed by atoms with Gasteiger partial charge in [0, 0.05) is 31.5 Å². The van der Waals surface area contributed by atoms with Gasteiger partial charge in [-0.3, -0.25) is 4.98 Å². The van der Waals surface area contributed by atoms with Crippen molar-refractivity contribution in [2.75, 3.05) is 11.4 Å². The molecule has 29 heavy (non-hydrogen) atoms. The minimum absolute atomic E-state index is 0.208. The number of fused-ring (bicyclic) bond motifs is 1. The molecular weight excluding hydrogens is 382 g/mol. The number of hydrogen-bond donors (Lipinski definition) is 1. The van der Waals surface area contributed by atoms with Crippen molar-refractivity contribution < 1.29 is 8.42 Å². The highest BCUT2D eigenvalue weighted by molar-refractivity contribution is 7.89. The van der Waals surface area contributed by atoms with Crippen molar-refractivity contribution in [1.29, 1.82) is 0 Å². The van der Waals surface area contributed by atoms with Gasteiger partial charge in [-0.1, -0.05) is 30.2 Å². The summed E-state index contributed by atoms with van der Waals surface area (Å²) in [5.41, 5.74) is 5.29. The van der Waals surface area contributed by atoms with Gasteiger partial charge in [0.2, 0.25) is 10.0 Å². The predicted octanol–water partition coefficient (Wildman–Crippen LogP) is 3.57. The third-order valence-electron chi connectivity index (χ3n) is 4.91. The molecule has 146 valence electrons. The van der Waals surface area contributed by atoms with Gasteiger partial charge >= 0.3 is 0 Å². The van der Waals surface area contributed by atoms with E-state index in [1.807, 2.05) is 25.1 Å². The molecule has 0 unspecified atom stereocenters. The van der Waals surface area contributed by atoms with E-state index < -0.39 is 10.0 Å². The van der Waals surface area contributed by atoms with Crippen LogP contribution in [-0.4, -0.2) is 19.9 Å². The van der Waals surface area contributed by atoms with Crippen LogP contribution in [0.2, 0.25) is 0 Å². The molecule has 5 nitrogen and oxygen atoms in total. The fourth-order valence-electron chi connectivity index (χ4n) is 3.42. The number of hydrogen-bond acceptors (Lipinski definition) is 4. The molecule has 0 fully saturated rings. The van der Waals surface area contributed by atoms with Crippen LogP contribution in [0.5, 0.6) is 0 Å². The highest BCUT2D eigenvalue weighted by Crippen LogP contribution is 2.32. The molecule has 1 aliphatic heterocycles. The van der Waals surface area contributed by atoms with E-state index >= 15 is 0 Å². The SMILES string of the molecule is CC#CN1CCc2cc(-c3ccc(S(=O)(=O)NCc4cccnc4)cc3)ccc21. The first-order valence-electron chi connectivity index (χ1n) is 9.39. The van der Waals surface area contributed by atoms with E-state index in [0.717, 1.165) is 35.3 Å². The molecule has 0 amide bonds. The van der Waals surface area contributed by atoms with Crippen molar-refractivity contribution in [1.82, 2.24) is 9.71 Å². The summed E-state index contributed by atoms with van der Waals surface area (Å²) in [6, 6.07) is 20.0. The van der Waals surface area contributed by atoms with Gasteiger partial charge in [0.05, 0.1) is 10.6 Å². The molecule has 2 aromatic carbocycles. The zero-order chi connectivity index (χ0) is 20.3. The Hall–Kier alpha value is -3.14. The zero-order valence-corrected chi connectivity index (χ0v) is 16.9. The molecule has 1 aromatic heterocycles. The molecule has 0 bridgehead atoms. The highest BCUT2D eigenvalue weighted by Gasteiger charge is 2.18. The molecule has 3 aromatic rings. The molecular formula is C23H21N3O2S. The van der Waals surface area contributed by atoms with Gasteiger partial charge in [0.25, 0.3) is 0 Å². The Labute approximate surface area is 171 Å². The molecule has 0 spiro atoms. The van der Waals surface area contributed by atoms with E-state index in [2.05, 4.69) is 44.8 Å². The lowest BCUT2D eigenvalue weighted by molar-refractivity contribution is 0.581. The third kappa shape index (κ3) is 4.16. The summed E-state index contributed by atoms with van der Waals surface area (Å²) >= 11 is 0. The fraction of sp³-hybridized carbons (Fsp3) is 0.174. The van der Waals surface area contributed by atoms with Crippen LogP contribution in [0, 0.1) is 12.0 Å². The Morgan fingerprint density at radius 2 is 1.90 bits per heavy atom. The van der Waals surface area contributed by atoms with Crippen molar-refractivity contribution in [2.45, 2.75) is 24.8 Å². The summed E-state index contributed by atoms with van der Waals surface area (Å²) < 4.78 is 27.7. The van der Waals surface area contributed by atoms with E-state index in [0.29, 0.717) is 0 Å². The molecule has 0 aliphatic carbocycles. The Bertz CT molecular complexity index is 1180. The number of aromatic nitrogens is 1. The van der Waals surface area contributed by atoms with E-state index in [-0.39, 0.29) is 11.4 Å². The van der Waals surface area contributed by atoms with Crippen molar-refractivity contribution in [3.8, 4) is 23.1 Å². The van der Waals surface area contributed by atoms with Crippen LogP contribution < -0.4 is 9.62 Å². The van der Waals surface area contributed by atoms with Gasteiger partial charge in [-0.2, -0.15) is 0 Å². The minimum Gasteiger partial charge on any atom is -0.301 e. The maximum Gasteiger partial charge on any atom is 0.240 e. The second-order valence-electron chi connectivity index (χ2n) is 6.82. The average molecular weight is 404 g/mol. The maximum absolute atomic E-state index is 12.6. The van der Waals surface area contributed by atoms with Gasteiger partial charge in [-0.15, -0.1) is 0 Å². The van der Waals surface area contributed by atoms with Gasteiger partial charge in [0.1, 0.15) is 0 Å². The van der Waals surface area contributed by atoms with Gasteiger partial charge < -0.3 is 4.90 Å². The topological polar surface area (TPSA) is 62.3 Å². The Kier molecular flexibility index (Phi) is 5.34. The number of sulfonamides is 1. The molecule has 1 N–H and O–H groups in total. The number of nitrogens with zero attached hydrogens (tertiary/aromatic N) is 2. The second-order valence-corrected chi connectivity index (χ2v) is 8.58. The van der Waals surface area contributed by atoms with E-state index in [1.54, 1.807) is 30.6 Å². The van der Waals surface area contributed by atoms with Crippen molar-refractivity contribution in [2.24, 2.45) is 0 Å². The standard InChI is InChI=1S/C23H21N3O2S/c1-2-13-26-14-11-21-15-20(7-10-23(21)26)19-5-8-22(9-6-19)29(27,28)25-17-18-4-3-12-24-16-18/h3-10,12,15-16,25H,11,14,17H2,1H3. The van der Waals surface area contributed by atoms with Gasteiger partial charge in [0.15, 0.2) is 0 Å². The second kappa shape index (κ2) is 8.08. The third-order valence-corrected chi connectivity index (χ3v) is 6.33. The smallest absolute Gasteiger partial charge is 0.240 e. The average Bonchev–Trinajstić information content (AvgIpc) is 3.16. The predicted molar refractivity (Wildman–Crippen MR) is 115 cm³/mol. The van der Waals surface area contributed by atoms with Gasteiger partial charge in [-0.25, -0.2) is 13.1 Å². The molecule has 6 heteroatoms. The van der Waals surface area contributed by atoms with Gasteiger partial charge in [-0.05, 0) is 65.9 Å². The molecule has 4 rings (SSSR count). The Balaban J connectivity index is 1.51. The summed E-state index contributed by atoms with van der Waals surface area (Å²) in [4.78, 5) is 6.32. The van der Waals surface area contributed by atoms with Crippen LogP contribution in [-0.2, 0) is 23.0 Å². The molecule has 2 heterocycles. The van der Waals surface area contributed by atoms with Crippen molar-refractivity contribution in [3.05, 3.63) is 78.1 Å². The van der Waals surface area contributed by atoms with Crippen LogP contribution in [0.3, 0.4) is 0 Å². The molecule has 0 saturated heterocycles. The Morgan fingerprint density at radius 3 is 2.62 bits per heavy atom. The summed E-state index contributed by atoms with van der Waals surface area (Å²) in [5.74, 6) is 2.95. The molecule has 0 radical (unpaired) electrons. The zero-order valence-electron chi connectivity index (χ0n) is 16.1. The van der Waals surface area contributed by atoms with Crippen molar-refractivity contribution in [3.63, 3.8) is 0 Å². The summed E-state index contributed by atoms with van der Waals surface area (Å²) in [5, 5.41) is 0. The van der Waals surface area contributed by atoms with Crippen LogP contribution in [0.1, 0.15) is 18.1 Å². The lowest BCUT2D eigenvalue weighted by atomic mass is 10.0. The minimum atomic E-state index is -3.58. The Morgan fingerprint density at radius 1 is 1.10 bits per heavy atom. The first-order valence-corrected chi connectivity index (χ1v) is 10.9. The fourth-order valence-corrected chi connectivity index (χ4v) is 4.44. The lowest BCUT2D eigenvalue weighted by Gasteiger charge is -2.11. The maximum atomic E-state index is 12.6. The molecule has 1 aliphatic rings. The highest BCUT2D eigenvalue weighted by atomic mass is 32.2. The quantitative estimate of drug-likeness (QED) is 0.662. The van der Waals surface area contributed by atoms with E-state index in [4.69, 9.17) is 0 Å². The molecule has 0 saturated carbocycles. The van der Waals surface area contributed by atoms with Crippen molar-refractivity contribution >= 4 is 15.7 Å². The van der Waals surface area contributed by atoms with Crippen LogP contribution >= 0.6 is 0 Å². The van der Waals surface area contributed by atoms with E-state index in [9.17, 15) is 8.42 Å². The number of anilines is 1. The molecule has 0 atom stereocenters. The number of nitrogens with one attached hydrogen (secondary N) is 1. The number of benzene rings is 2. The normalized spacial score (nSPS) is 12.9. The van der Waals surface area contributed by atoms with Crippen LogP contribution in [0.15, 0.2) is 71.9 Å². The number of rotatable bonds is 5. The van der Waals surface area contributed by atoms with E-state index in [1.165, 1.54) is 5.56 Å². The summed E-state index contributed by atoms with van der Waals surface area (Å²) in [7, 11) is -3.58. The van der Waals surface area contributed by atoms with Crippen LogP contribution in [0.25, 0.3) is 11.1 Å². The number of pyridine rings is 1. The first kappa shape index (κ1) is 19.2. The summed E-state index contributed by atoms with van der Waals surface area (Å²) in [6.45, 7) is 2.95. The lowest BCUT2D eigenvalue weighted by Crippen LogP contribution is -2.23. The largest absolute Gasteiger partial charge is 0.301 e. The van der Waals surface area contributed by atoms with Crippen LogP contribution in [0.4, 0.5) is 5.69 Å². The monoisotopic (exact) mass is 403 g/mol. The summed E-state index contributed by atoms with van der Waals surface area (Å²) in [6.07, 6.45) is 4.26.